The number of oxazole rings is 1. The summed E-state index contributed by atoms with van der Waals surface area (Å²) in [4.78, 5) is 17.9. The van der Waals surface area contributed by atoms with Gasteiger partial charge in [-0.1, -0.05) is 18.7 Å². The van der Waals surface area contributed by atoms with Gasteiger partial charge in [-0.2, -0.15) is 10.2 Å². The summed E-state index contributed by atoms with van der Waals surface area (Å²) in [6.07, 6.45) is 3.84. The monoisotopic (exact) mass is 380 g/mol. The fourth-order valence-electron chi connectivity index (χ4n) is 3.10. The number of hydrogen-bond acceptors (Lipinski definition) is 8. The van der Waals surface area contributed by atoms with Crippen LogP contribution < -0.4 is 4.90 Å². The topological polar surface area (TPSA) is 82.1 Å². The Kier molecular flexibility index (Phi) is 5.23. The van der Waals surface area contributed by atoms with Gasteiger partial charge >= 0.3 is 0 Å². The van der Waals surface area contributed by atoms with E-state index in [1.54, 1.807) is 30.0 Å². The summed E-state index contributed by atoms with van der Waals surface area (Å²) in [6.45, 7) is 6.50. The van der Waals surface area contributed by atoms with Crippen LogP contribution in [0.4, 0.5) is 6.01 Å². The van der Waals surface area contributed by atoms with Gasteiger partial charge in [0.05, 0.1) is 11.6 Å². The van der Waals surface area contributed by atoms with Crippen molar-refractivity contribution in [1.82, 2.24) is 19.9 Å². The van der Waals surface area contributed by atoms with Gasteiger partial charge in [-0.25, -0.2) is 9.97 Å². The van der Waals surface area contributed by atoms with Crippen molar-refractivity contribution in [2.75, 3.05) is 36.8 Å². The summed E-state index contributed by atoms with van der Waals surface area (Å²) in [7, 11) is 0. The Balaban J connectivity index is 1.36. The minimum atomic E-state index is 0.595. The van der Waals surface area contributed by atoms with Crippen LogP contribution in [0.5, 0.6) is 0 Å². The zero-order chi connectivity index (χ0) is 18.6. The lowest BCUT2D eigenvalue weighted by Gasteiger charge is -2.33. The molecule has 0 radical (unpaired) electrons. The molecule has 1 saturated heterocycles. The molecule has 2 aromatic heterocycles. The van der Waals surface area contributed by atoms with Gasteiger partial charge in [0.2, 0.25) is 0 Å². The molecular weight excluding hydrogens is 360 g/mol. The van der Waals surface area contributed by atoms with E-state index in [9.17, 15) is 0 Å². The first kappa shape index (κ1) is 17.8. The lowest BCUT2D eigenvalue weighted by atomic mass is 10.2. The van der Waals surface area contributed by atoms with Crippen molar-refractivity contribution in [3.8, 4) is 6.07 Å². The molecular formula is C19H20N6OS. The lowest BCUT2D eigenvalue weighted by Crippen LogP contribution is -2.46. The van der Waals surface area contributed by atoms with E-state index >= 15 is 0 Å². The first-order chi connectivity index (χ1) is 13.2. The van der Waals surface area contributed by atoms with E-state index in [1.165, 1.54) is 0 Å². The molecule has 1 fully saturated rings. The van der Waals surface area contributed by atoms with Gasteiger partial charge in [-0.15, -0.1) is 0 Å². The van der Waals surface area contributed by atoms with Gasteiger partial charge in [0.25, 0.3) is 6.01 Å². The van der Waals surface area contributed by atoms with Crippen LogP contribution in [0.2, 0.25) is 0 Å². The van der Waals surface area contributed by atoms with E-state index in [1.807, 2.05) is 12.4 Å². The Labute approximate surface area is 162 Å². The Bertz CT molecular complexity index is 956. The maximum Gasteiger partial charge on any atom is 0.298 e. The number of nitriles is 1. The maximum atomic E-state index is 9.01. The van der Waals surface area contributed by atoms with E-state index in [4.69, 9.17) is 9.68 Å². The molecule has 1 aliphatic rings. The predicted octanol–water partition coefficient (Wildman–Crippen LogP) is 2.92. The third-order valence-electron chi connectivity index (χ3n) is 4.51. The summed E-state index contributed by atoms with van der Waals surface area (Å²) in [5.74, 6) is 0.981. The minimum Gasteiger partial charge on any atom is -0.423 e. The van der Waals surface area contributed by atoms with E-state index in [-0.39, 0.29) is 0 Å². The standard InChI is InChI=1S/C19H20N6OS/c1-2-27-18-21-11-15(12-22-18)13-24-5-7-25(8-6-24)19-23-16-9-14(10-20)3-4-17(16)26-19/h3-4,9,11-12H,2,5-8,13H2,1H3. The number of benzene rings is 1. The molecule has 7 nitrogen and oxygen atoms in total. The third-order valence-corrected chi connectivity index (χ3v) is 5.27. The molecule has 1 aliphatic heterocycles. The molecule has 0 amide bonds. The third kappa shape index (κ3) is 4.04. The van der Waals surface area contributed by atoms with Crippen LogP contribution in [0.3, 0.4) is 0 Å². The summed E-state index contributed by atoms with van der Waals surface area (Å²) in [5.41, 5.74) is 3.18. The SMILES string of the molecule is CCSc1ncc(CN2CCN(c3nc4cc(C#N)ccc4o3)CC2)cn1. The molecule has 0 aliphatic carbocycles. The van der Waals surface area contributed by atoms with Crippen molar-refractivity contribution in [3.63, 3.8) is 0 Å². The van der Waals surface area contributed by atoms with Crippen molar-refractivity contribution in [3.05, 3.63) is 41.7 Å². The second-order valence-electron chi connectivity index (χ2n) is 6.36. The predicted molar refractivity (Wildman–Crippen MR) is 105 cm³/mol. The number of piperazine rings is 1. The molecule has 0 N–H and O–H groups in total. The zero-order valence-electron chi connectivity index (χ0n) is 15.1. The van der Waals surface area contributed by atoms with Crippen LogP contribution in [0.1, 0.15) is 18.1 Å². The van der Waals surface area contributed by atoms with Crippen LogP contribution >= 0.6 is 11.8 Å². The number of rotatable bonds is 5. The number of anilines is 1. The smallest absolute Gasteiger partial charge is 0.298 e. The summed E-state index contributed by atoms with van der Waals surface area (Å²) < 4.78 is 5.86. The minimum absolute atomic E-state index is 0.595. The van der Waals surface area contributed by atoms with E-state index in [0.29, 0.717) is 17.2 Å². The number of fused-ring (bicyclic) bond motifs is 1. The second kappa shape index (κ2) is 7.94. The fraction of sp³-hybridized carbons (Fsp3) is 0.368. The highest BCUT2D eigenvalue weighted by Crippen LogP contribution is 2.24. The van der Waals surface area contributed by atoms with Crippen molar-refractivity contribution in [2.24, 2.45) is 0 Å². The van der Waals surface area contributed by atoms with Crippen LogP contribution in [0.15, 0.2) is 40.2 Å². The first-order valence-electron chi connectivity index (χ1n) is 8.97. The van der Waals surface area contributed by atoms with Gasteiger partial charge < -0.3 is 9.32 Å². The quantitative estimate of drug-likeness (QED) is 0.494. The summed E-state index contributed by atoms with van der Waals surface area (Å²) >= 11 is 1.65. The molecule has 0 atom stereocenters. The van der Waals surface area contributed by atoms with Crippen molar-refractivity contribution < 1.29 is 4.42 Å². The van der Waals surface area contributed by atoms with Crippen LogP contribution in [-0.4, -0.2) is 51.8 Å². The van der Waals surface area contributed by atoms with Gasteiger partial charge in [0.15, 0.2) is 10.7 Å². The van der Waals surface area contributed by atoms with Gasteiger partial charge in [-0.05, 0) is 24.0 Å². The molecule has 0 bridgehead atoms. The normalized spacial score (nSPS) is 15.2. The van der Waals surface area contributed by atoms with Crippen molar-refractivity contribution in [1.29, 1.82) is 5.26 Å². The highest BCUT2D eigenvalue weighted by Gasteiger charge is 2.21. The van der Waals surface area contributed by atoms with E-state index in [2.05, 4.69) is 37.7 Å². The maximum absolute atomic E-state index is 9.01. The summed E-state index contributed by atoms with van der Waals surface area (Å²) in [5, 5.41) is 9.85. The molecule has 0 saturated carbocycles. The molecule has 3 aromatic rings. The van der Waals surface area contributed by atoms with Gasteiger partial charge in [0, 0.05) is 50.7 Å². The Morgan fingerprint density at radius 1 is 1.19 bits per heavy atom. The van der Waals surface area contributed by atoms with Crippen molar-refractivity contribution in [2.45, 2.75) is 18.6 Å². The molecule has 1 aromatic carbocycles. The van der Waals surface area contributed by atoms with E-state index < -0.39 is 0 Å². The van der Waals surface area contributed by atoms with Crippen LogP contribution in [0, 0.1) is 11.3 Å². The molecule has 0 unspecified atom stereocenters. The number of hydrogen-bond donors (Lipinski definition) is 0. The largest absolute Gasteiger partial charge is 0.423 e. The molecule has 138 valence electrons. The average Bonchev–Trinajstić information content (AvgIpc) is 3.13. The molecule has 8 heteroatoms. The van der Waals surface area contributed by atoms with Crippen LogP contribution in [0.25, 0.3) is 11.1 Å². The van der Waals surface area contributed by atoms with Crippen LogP contribution in [-0.2, 0) is 6.54 Å². The van der Waals surface area contributed by atoms with Gasteiger partial charge in [0.1, 0.15) is 5.52 Å². The zero-order valence-corrected chi connectivity index (χ0v) is 15.9. The van der Waals surface area contributed by atoms with E-state index in [0.717, 1.165) is 54.7 Å². The summed E-state index contributed by atoms with van der Waals surface area (Å²) in [6, 6.07) is 8.08. The lowest BCUT2D eigenvalue weighted by molar-refractivity contribution is 0.245. The Morgan fingerprint density at radius 2 is 1.96 bits per heavy atom. The highest BCUT2D eigenvalue weighted by molar-refractivity contribution is 7.99. The number of thioether (sulfide) groups is 1. The van der Waals surface area contributed by atoms with Crippen molar-refractivity contribution >= 4 is 28.9 Å². The Hall–Kier alpha value is -2.63. The number of aromatic nitrogens is 3. The van der Waals surface area contributed by atoms with Gasteiger partial charge in [-0.3, -0.25) is 4.90 Å². The first-order valence-corrected chi connectivity index (χ1v) is 9.95. The molecule has 3 heterocycles. The average molecular weight is 380 g/mol. The molecule has 27 heavy (non-hydrogen) atoms. The Morgan fingerprint density at radius 3 is 2.67 bits per heavy atom. The highest BCUT2D eigenvalue weighted by atomic mass is 32.2. The molecule has 0 spiro atoms. The second-order valence-corrected chi connectivity index (χ2v) is 7.59. The fourth-order valence-corrected chi connectivity index (χ4v) is 3.62. The molecule has 4 rings (SSSR count). The number of nitrogens with zero attached hydrogens (tertiary/aromatic N) is 6.